The van der Waals surface area contributed by atoms with Gasteiger partial charge in [0.2, 0.25) is 15.9 Å². The van der Waals surface area contributed by atoms with Gasteiger partial charge in [-0.2, -0.15) is 4.31 Å². The van der Waals surface area contributed by atoms with E-state index in [9.17, 15) is 18.0 Å². The van der Waals surface area contributed by atoms with Crippen LogP contribution < -0.4 is 0 Å². The third-order valence-electron chi connectivity index (χ3n) is 3.94. The zero-order chi connectivity index (χ0) is 17.2. The summed E-state index contributed by atoms with van der Waals surface area (Å²) in [5.74, 6) is -0.139. The molecule has 1 aromatic carbocycles. The van der Waals surface area contributed by atoms with E-state index in [2.05, 4.69) is 0 Å². The third-order valence-corrected chi connectivity index (χ3v) is 5.86. The van der Waals surface area contributed by atoms with Gasteiger partial charge in [-0.15, -0.1) is 0 Å². The van der Waals surface area contributed by atoms with Gasteiger partial charge in [0, 0.05) is 37.7 Å². The zero-order valence-corrected chi connectivity index (χ0v) is 14.5. The molecule has 0 aromatic heterocycles. The largest absolute Gasteiger partial charge is 0.340 e. The molecule has 1 fully saturated rings. The van der Waals surface area contributed by atoms with Crippen molar-refractivity contribution in [2.75, 3.05) is 26.2 Å². The molecule has 0 N–H and O–H groups in total. The highest BCUT2D eigenvalue weighted by Crippen LogP contribution is 2.19. The van der Waals surface area contributed by atoms with Gasteiger partial charge in [0.05, 0.1) is 4.90 Å². The molecule has 126 valence electrons. The Bertz CT molecular complexity index is 687. The topological polar surface area (TPSA) is 74.8 Å². The Labute approximate surface area is 137 Å². The number of ketones is 1. The lowest BCUT2D eigenvalue weighted by Crippen LogP contribution is -2.51. The van der Waals surface area contributed by atoms with Gasteiger partial charge in [-0.25, -0.2) is 8.42 Å². The second kappa shape index (κ2) is 6.80. The molecular weight excluding hydrogens is 316 g/mol. The van der Waals surface area contributed by atoms with Crippen LogP contribution >= 0.6 is 0 Å². The summed E-state index contributed by atoms with van der Waals surface area (Å²) >= 11 is 0. The van der Waals surface area contributed by atoms with Crippen molar-refractivity contribution in [1.82, 2.24) is 9.21 Å². The van der Waals surface area contributed by atoms with Crippen LogP contribution in [0.25, 0.3) is 0 Å². The maximum atomic E-state index is 12.6. The molecule has 1 aliphatic rings. The fourth-order valence-electron chi connectivity index (χ4n) is 2.52. The smallest absolute Gasteiger partial charge is 0.243 e. The van der Waals surface area contributed by atoms with Crippen LogP contribution in [-0.2, 0) is 14.8 Å². The minimum absolute atomic E-state index is 0.0489. The molecule has 1 aromatic rings. The van der Waals surface area contributed by atoms with Gasteiger partial charge in [0.1, 0.15) is 0 Å². The van der Waals surface area contributed by atoms with Gasteiger partial charge in [0.15, 0.2) is 5.78 Å². The highest BCUT2D eigenvalue weighted by Gasteiger charge is 2.30. The molecule has 0 aliphatic carbocycles. The lowest BCUT2D eigenvalue weighted by molar-refractivity contribution is -0.135. The molecule has 0 unspecified atom stereocenters. The van der Waals surface area contributed by atoms with Crippen molar-refractivity contribution >= 4 is 21.7 Å². The molecule has 7 heteroatoms. The quantitative estimate of drug-likeness (QED) is 0.777. The molecular formula is C16H22N2O4S. The van der Waals surface area contributed by atoms with Gasteiger partial charge >= 0.3 is 0 Å². The van der Waals surface area contributed by atoms with Crippen molar-refractivity contribution in [3.63, 3.8) is 0 Å². The molecule has 0 bridgehead atoms. The number of carbonyl (C=O) groups is 2. The van der Waals surface area contributed by atoms with Gasteiger partial charge in [-0.1, -0.05) is 26.0 Å². The summed E-state index contributed by atoms with van der Waals surface area (Å²) in [4.78, 5) is 25.1. The van der Waals surface area contributed by atoms with Gasteiger partial charge in [-0.05, 0) is 19.1 Å². The molecule has 1 aliphatic heterocycles. The predicted octanol–water partition coefficient (Wildman–Crippen LogP) is 1.38. The first-order valence-electron chi connectivity index (χ1n) is 7.63. The van der Waals surface area contributed by atoms with Crippen LogP contribution in [-0.4, -0.2) is 55.5 Å². The Morgan fingerprint density at radius 1 is 1.00 bits per heavy atom. The summed E-state index contributed by atoms with van der Waals surface area (Å²) < 4.78 is 26.6. The van der Waals surface area contributed by atoms with Gasteiger partial charge < -0.3 is 4.90 Å². The number of Topliss-reactive ketones (excluding diaryl/α,β-unsaturated/α-hetero) is 1. The fraction of sp³-hybridized carbons (Fsp3) is 0.500. The number of sulfonamides is 1. The predicted molar refractivity (Wildman–Crippen MR) is 86.6 cm³/mol. The first-order valence-corrected chi connectivity index (χ1v) is 9.07. The number of hydrogen-bond acceptors (Lipinski definition) is 4. The van der Waals surface area contributed by atoms with Gasteiger partial charge in [0.25, 0.3) is 0 Å². The molecule has 1 heterocycles. The first kappa shape index (κ1) is 17.6. The number of benzene rings is 1. The highest BCUT2D eigenvalue weighted by atomic mass is 32.2. The van der Waals surface area contributed by atoms with E-state index < -0.39 is 10.0 Å². The maximum Gasteiger partial charge on any atom is 0.243 e. The molecule has 0 radical (unpaired) electrons. The summed E-state index contributed by atoms with van der Waals surface area (Å²) in [5.41, 5.74) is 0.483. The Morgan fingerprint density at radius 3 is 1.96 bits per heavy atom. The lowest BCUT2D eigenvalue weighted by Gasteiger charge is -2.34. The Hall–Kier alpha value is -1.73. The van der Waals surface area contributed by atoms with Crippen LogP contribution in [0.4, 0.5) is 0 Å². The number of rotatable bonds is 4. The van der Waals surface area contributed by atoms with E-state index >= 15 is 0 Å². The summed E-state index contributed by atoms with van der Waals surface area (Å²) in [7, 11) is -3.59. The lowest BCUT2D eigenvalue weighted by atomic mass is 10.2. The van der Waals surface area contributed by atoms with Crippen molar-refractivity contribution in [2.24, 2.45) is 5.92 Å². The number of piperazine rings is 1. The number of nitrogens with zero attached hydrogens (tertiary/aromatic N) is 2. The van der Waals surface area contributed by atoms with E-state index in [1.54, 1.807) is 4.90 Å². The average molecular weight is 338 g/mol. The number of hydrogen-bond donors (Lipinski definition) is 0. The monoisotopic (exact) mass is 338 g/mol. The standard InChI is InChI=1S/C16H22N2O4S/c1-12(2)16(20)17-8-10-18(11-9-17)23(21,22)15-6-4-14(5-7-15)13(3)19/h4-7,12H,8-11H2,1-3H3. The Kier molecular flexibility index (Phi) is 5.21. The van der Waals surface area contributed by atoms with Crippen LogP contribution in [0.3, 0.4) is 0 Å². The SMILES string of the molecule is CC(=O)c1ccc(S(=O)(=O)N2CCN(C(=O)C(C)C)CC2)cc1. The van der Waals surface area contributed by atoms with E-state index in [1.807, 2.05) is 13.8 Å². The molecule has 0 spiro atoms. The van der Waals surface area contributed by atoms with Crippen LogP contribution in [0.2, 0.25) is 0 Å². The minimum atomic E-state index is -3.59. The highest BCUT2D eigenvalue weighted by molar-refractivity contribution is 7.89. The molecule has 0 saturated carbocycles. The van der Waals surface area contributed by atoms with Crippen LogP contribution in [0, 0.1) is 5.92 Å². The normalized spacial score (nSPS) is 16.6. The molecule has 2 rings (SSSR count). The second-order valence-electron chi connectivity index (χ2n) is 5.96. The van der Waals surface area contributed by atoms with E-state index in [-0.39, 0.29) is 35.6 Å². The second-order valence-corrected chi connectivity index (χ2v) is 7.90. The molecule has 6 nitrogen and oxygen atoms in total. The fourth-order valence-corrected chi connectivity index (χ4v) is 3.95. The van der Waals surface area contributed by atoms with E-state index in [1.165, 1.54) is 35.5 Å². The average Bonchev–Trinajstić information content (AvgIpc) is 2.54. The van der Waals surface area contributed by atoms with E-state index in [0.717, 1.165) is 0 Å². The summed E-state index contributed by atoms with van der Waals surface area (Å²) in [6.45, 7) is 6.49. The van der Waals surface area contributed by atoms with E-state index in [0.29, 0.717) is 18.7 Å². The third kappa shape index (κ3) is 3.79. The van der Waals surface area contributed by atoms with Crippen molar-refractivity contribution < 1.29 is 18.0 Å². The molecule has 23 heavy (non-hydrogen) atoms. The summed E-state index contributed by atoms with van der Waals surface area (Å²) in [5, 5.41) is 0. The number of carbonyl (C=O) groups excluding carboxylic acids is 2. The molecule has 0 atom stereocenters. The van der Waals surface area contributed by atoms with Crippen molar-refractivity contribution in [3.05, 3.63) is 29.8 Å². The molecule has 1 amide bonds. The minimum Gasteiger partial charge on any atom is -0.340 e. The van der Waals surface area contributed by atoms with Gasteiger partial charge in [-0.3, -0.25) is 9.59 Å². The Balaban J connectivity index is 2.10. The first-order chi connectivity index (χ1) is 10.7. The summed E-state index contributed by atoms with van der Waals surface area (Å²) in [6.07, 6.45) is 0. The Morgan fingerprint density at radius 2 is 1.52 bits per heavy atom. The van der Waals surface area contributed by atoms with Crippen molar-refractivity contribution in [2.45, 2.75) is 25.7 Å². The van der Waals surface area contributed by atoms with Crippen molar-refractivity contribution in [3.8, 4) is 0 Å². The zero-order valence-electron chi connectivity index (χ0n) is 13.7. The maximum absolute atomic E-state index is 12.6. The number of amides is 1. The van der Waals surface area contributed by atoms with E-state index in [4.69, 9.17) is 0 Å². The van der Waals surface area contributed by atoms with Crippen LogP contribution in [0.5, 0.6) is 0 Å². The molecule has 1 saturated heterocycles. The summed E-state index contributed by atoms with van der Waals surface area (Å²) in [6, 6.07) is 5.96. The van der Waals surface area contributed by atoms with Crippen LogP contribution in [0.15, 0.2) is 29.2 Å². The van der Waals surface area contributed by atoms with Crippen LogP contribution in [0.1, 0.15) is 31.1 Å². The van der Waals surface area contributed by atoms with Crippen molar-refractivity contribution in [1.29, 1.82) is 0 Å².